The quantitative estimate of drug-likeness (QED) is 0.359. The molecule has 0 aliphatic rings. The van der Waals surface area contributed by atoms with Gasteiger partial charge in [-0.2, -0.15) is 0 Å². The van der Waals surface area contributed by atoms with Gasteiger partial charge in [-0.3, -0.25) is 9.59 Å². The summed E-state index contributed by atoms with van der Waals surface area (Å²) in [6.45, 7) is -0.453. The Morgan fingerprint density at radius 1 is 0.857 bits per heavy atom. The molecule has 184 valence electrons. The minimum absolute atomic E-state index is 0.0610. The van der Waals surface area contributed by atoms with Crippen molar-refractivity contribution in [3.8, 4) is 28.7 Å². The molecule has 8 nitrogen and oxygen atoms in total. The smallest absolute Gasteiger partial charge is 0.306 e. The van der Waals surface area contributed by atoms with Gasteiger partial charge in [0.25, 0.3) is 5.91 Å². The third kappa shape index (κ3) is 7.28. The Bertz CT molecular complexity index is 1140. The van der Waals surface area contributed by atoms with Gasteiger partial charge in [-0.15, -0.1) is 0 Å². The van der Waals surface area contributed by atoms with Crippen molar-refractivity contribution in [3.05, 3.63) is 71.2 Å². The minimum atomic E-state index is -0.527. The largest absolute Gasteiger partial charge is 0.493 e. The number of methoxy groups -OCH3 is 3. The van der Waals surface area contributed by atoms with E-state index in [-0.39, 0.29) is 6.42 Å². The lowest BCUT2D eigenvalue weighted by molar-refractivity contribution is -0.147. The van der Waals surface area contributed by atoms with Crippen LogP contribution < -0.4 is 24.3 Å². The van der Waals surface area contributed by atoms with Crippen LogP contribution in [0.25, 0.3) is 0 Å². The van der Waals surface area contributed by atoms with Gasteiger partial charge in [0.1, 0.15) is 5.75 Å². The van der Waals surface area contributed by atoms with Crippen LogP contribution >= 0.6 is 11.6 Å². The second-order valence-electron chi connectivity index (χ2n) is 7.30. The molecule has 0 atom stereocenters. The molecule has 0 aromatic heterocycles. The van der Waals surface area contributed by atoms with Gasteiger partial charge in [0, 0.05) is 11.4 Å². The lowest BCUT2D eigenvalue weighted by atomic mass is 10.1. The molecule has 1 amide bonds. The summed E-state index contributed by atoms with van der Waals surface area (Å²) in [4.78, 5) is 24.6. The van der Waals surface area contributed by atoms with Crippen molar-refractivity contribution >= 4 is 29.2 Å². The molecule has 0 aliphatic heterocycles. The van der Waals surface area contributed by atoms with Gasteiger partial charge in [0.15, 0.2) is 23.9 Å². The van der Waals surface area contributed by atoms with Crippen LogP contribution in [0, 0.1) is 0 Å². The van der Waals surface area contributed by atoms with Gasteiger partial charge < -0.3 is 29.0 Å². The lowest BCUT2D eigenvalue weighted by Gasteiger charge is -2.14. The van der Waals surface area contributed by atoms with Crippen LogP contribution in [0.15, 0.2) is 60.7 Å². The van der Waals surface area contributed by atoms with E-state index in [4.69, 9.17) is 35.3 Å². The van der Waals surface area contributed by atoms with Crippen LogP contribution in [0.4, 0.5) is 5.69 Å². The molecule has 0 unspecified atom stereocenters. The second-order valence-corrected chi connectivity index (χ2v) is 7.73. The Morgan fingerprint density at radius 2 is 1.54 bits per heavy atom. The average molecular weight is 500 g/mol. The van der Waals surface area contributed by atoms with E-state index in [2.05, 4.69) is 5.32 Å². The first-order valence-electron chi connectivity index (χ1n) is 10.7. The molecule has 1 N–H and O–H groups in total. The Kier molecular flexibility index (Phi) is 9.20. The number of esters is 1. The number of halogens is 1. The molecule has 3 aromatic rings. The maximum Gasteiger partial charge on any atom is 0.306 e. The van der Waals surface area contributed by atoms with Gasteiger partial charge >= 0.3 is 5.97 Å². The summed E-state index contributed by atoms with van der Waals surface area (Å²) in [6, 6.07) is 17.5. The van der Waals surface area contributed by atoms with Gasteiger partial charge in [0.2, 0.25) is 5.75 Å². The molecule has 0 saturated carbocycles. The highest BCUT2D eigenvalue weighted by molar-refractivity contribution is 6.31. The molecule has 3 aromatic carbocycles. The Balaban J connectivity index is 1.55. The maximum absolute atomic E-state index is 12.4. The highest BCUT2D eigenvalue weighted by Gasteiger charge is 2.15. The second kappa shape index (κ2) is 12.5. The summed E-state index contributed by atoms with van der Waals surface area (Å²) in [5.74, 6) is 1.40. The van der Waals surface area contributed by atoms with E-state index in [0.29, 0.717) is 45.9 Å². The van der Waals surface area contributed by atoms with Crippen LogP contribution in [0.5, 0.6) is 28.7 Å². The number of anilines is 1. The first kappa shape index (κ1) is 25.7. The molecule has 0 bridgehead atoms. The monoisotopic (exact) mass is 499 g/mol. The first-order valence-corrected chi connectivity index (χ1v) is 11.1. The van der Waals surface area contributed by atoms with Crippen molar-refractivity contribution in [1.29, 1.82) is 0 Å². The molecule has 0 aliphatic carbocycles. The number of carbonyl (C=O) groups excluding carboxylic acids is 2. The van der Waals surface area contributed by atoms with Crippen LogP contribution in [0.1, 0.15) is 12.0 Å². The number of hydrogen-bond acceptors (Lipinski definition) is 7. The predicted octanol–water partition coefficient (Wildman–Crippen LogP) is 5.27. The van der Waals surface area contributed by atoms with E-state index < -0.39 is 18.5 Å². The first-order chi connectivity index (χ1) is 16.9. The summed E-state index contributed by atoms with van der Waals surface area (Å²) < 4.78 is 26.9. The van der Waals surface area contributed by atoms with Crippen LogP contribution in [-0.4, -0.2) is 39.8 Å². The topological polar surface area (TPSA) is 92.3 Å². The highest BCUT2D eigenvalue weighted by Crippen LogP contribution is 2.38. The third-order valence-corrected chi connectivity index (χ3v) is 5.13. The normalized spacial score (nSPS) is 10.3. The number of benzene rings is 3. The summed E-state index contributed by atoms with van der Waals surface area (Å²) >= 11 is 6.07. The van der Waals surface area contributed by atoms with Crippen LogP contribution in [0.3, 0.4) is 0 Å². The maximum atomic E-state index is 12.4. The summed E-state index contributed by atoms with van der Waals surface area (Å²) in [6.07, 6.45) is 0.423. The fraction of sp³-hybridized carbons (Fsp3) is 0.231. The average Bonchev–Trinajstić information content (AvgIpc) is 2.87. The van der Waals surface area contributed by atoms with Gasteiger partial charge in [-0.25, -0.2) is 0 Å². The highest BCUT2D eigenvalue weighted by atomic mass is 35.5. The fourth-order valence-electron chi connectivity index (χ4n) is 3.24. The number of aryl methyl sites for hydroxylation is 1. The zero-order chi connectivity index (χ0) is 25.2. The number of nitrogens with one attached hydrogen (secondary N) is 1. The number of carbonyl (C=O) groups is 2. The number of para-hydroxylation sites is 1. The fourth-order valence-corrected chi connectivity index (χ4v) is 3.41. The van der Waals surface area contributed by atoms with E-state index in [9.17, 15) is 9.59 Å². The number of amides is 1. The van der Waals surface area contributed by atoms with Gasteiger partial charge in [0.05, 0.1) is 27.0 Å². The molecular formula is C26H26ClNO7. The molecular weight excluding hydrogens is 474 g/mol. The van der Waals surface area contributed by atoms with E-state index in [1.807, 2.05) is 18.2 Å². The SMILES string of the molecule is COc1cc(CCC(=O)OCC(=O)Nc2cc(Cl)ccc2Oc2ccccc2)cc(OC)c1OC. The summed E-state index contributed by atoms with van der Waals surface area (Å²) in [7, 11) is 4.55. The zero-order valence-corrected chi connectivity index (χ0v) is 20.4. The molecule has 0 heterocycles. The molecule has 35 heavy (non-hydrogen) atoms. The van der Waals surface area contributed by atoms with E-state index in [1.54, 1.807) is 42.5 Å². The lowest BCUT2D eigenvalue weighted by Crippen LogP contribution is -2.21. The van der Waals surface area contributed by atoms with Crippen molar-refractivity contribution < 1.29 is 33.3 Å². The van der Waals surface area contributed by atoms with E-state index in [1.165, 1.54) is 21.3 Å². The van der Waals surface area contributed by atoms with Crippen molar-refractivity contribution in [2.24, 2.45) is 0 Å². The van der Waals surface area contributed by atoms with Crippen molar-refractivity contribution in [2.75, 3.05) is 33.3 Å². The van der Waals surface area contributed by atoms with Crippen LogP contribution in [-0.2, 0) is 20.7 Å². The Hall–Kier alpha value is -3.91. The summed E-state index contributed by atoms with van der Waals surface area (Å²) in [5.41, 5.74) is 1.15. The molecule has 0 saturated heterocycles. The van der Waals surface area contributed by atoms with Crippen molar-refractivity contribution in [1.82, 2.24) is 0 Å². The Labute approximate surface area is 208 Å². The number of hydrogen-bond donors (Lipinski definition) is 1. The standard InChI is InChI=1S/C26H26ClNO7/c1-31-22-13-17(14-23(32-2)26(22)33-3)9-12-25(30)34-16-24(29)28-20-15-18(27)10-11-21(20)35-19-7-5-4-6-8-19/h4-8,10-11,13-15H,9,12,16H2,1-3H3,(H,28,29). The molecule has 0 fully saturated rings. The number of rotatable bonds is 11. The van der Waals surface area contributed by atoms with Gasteiger partial charge in [-0.1, -0.05) is 29.8 Å². The zero-order valence-electron chi connectivity index (χ0n) is 19.6. The molecule has 3 rings (SSSR count). The van der Waals surface area contributed by atoms with Crippen LogP contribution in [0.2, 0.25) is 5.02 Å². The Morgan fingerprint density at radius 3 is 2.17 bits per heavy atom. The minimum Gasteiger partial charge on any atom is -0.493 e. The van der Waals surface area contributed by atoms with E-state index >= 15 is 0 Å². The van der Waals surface area contributed by atoms with Crippen molar-refractivity contribution in [2.45, 2.75) is 12.8 Å². The van der Waals surface area contributed by atoms with Gasteiger partial charge in [-0.05, 0) is 54.4 Å². The molecule has 0 radical (unpaired) electrons. The van der Waals surface area contributed by atoms with E-state index in [0.717, 1.165) is 5.56 Å². The predicted molar refractivity (Wildman–Crippen MR) is 132 cm³/mol. The summed E-state index contributed by atoms with van der Waals surface area (Å²) in [5, 5.41) is 3.09. The third-order valence-electron chi connectivity index (χ3n) is 4.89. The molecule has 0 spiro atoms. The number of ether oxygens (including phenoxy) is 5. The molecule has 9 heteroatoms. The van der Waals surface area contributed by atoms with Crippen molar-refractivity contribution in [3.63, 3.8) is 0 Å².